The lowest BCUT2D eigenvalue weighted by Crippen LogP contribution is -2.43. The highest BCUT2D eigenvalue weighted by molar-refractivity contribution is 6.39. The SMILES string of the molecule is COc1ccc(NC(=O)C(=O)NCC2CCN(C(=O)c3ccncc3)CC2)cc1OC. The molecule has 0 atom stereocenters. The molecule has 0 spiro atoms. The molecule has 1 aromatic heterocycles. The third kappa shape index (κ3) is 5.71. The molecule has 1 fully saturated rings. The zero-order chi connectivity index (χ0) is 22.2. The van der Waals surface area contributed by atoms with E-state index in [1.54, 1.807) is 47.6 Å². The number of hydrogen-bond donors (Lipinski definition) is 2. The van der Waals surface area contributed by atoms with Gasteiger partial charge in [-0.25, -0.2) is 0 Å². The van der Waals surface area contributed by atoms with Gasteiger partial charge in [0.25, 0.3) is 5.91 Å². The van der Waals surface area contributed by atoms with E-state index in [1.807, 2.05) is 0 Å². The second-order valence-electron chi connectivity index (χ2n) is 7.21. The normalized spacial score (nSPS) is 13.9. The summed E-state index contributed by atoms with van der Waals surface area (Å²) in [5.41, 5.74) is 1.05. The van der Waals surface area contributed by atoms with Crippen LogP contribution in [0.2, 0.25) is 0 Å². The van der Waals surface area contributed by atoms with Gasteiger partial charge in [-0.2, -0.15) is 0 Å². The van der Waals surface area contributed by atoms with E-state index in [4.69, 9.17) is 9.47 Å². The van der Waals surface area contributed by atoms with Crippen molar-refractivity contribution in [2.24, 2.45) is 5.92 Å². The van der Waals surface area contributed by atoms with E-state index in [2.05, 4.69) is 15.6 Å². The average molecular weight is 426 g/mol. The van der Waals surface area contributed by atoms with E-state index in [0.717, 1.165) is 12.8 Å². The summed E-state index contributed by atoms with van der Waals surface area (Å²) < 4.78 is 10.3. The number of hydrogen-bond acceptors (Lipinski definition) is 6. The third-order valence-electron chi connectivity index (χ3n) is 5.23. The molecule has 0 saturated carbocycles. The molecule has 1 saturated heterocycles. The van der Waals surface area contributed by atoms with Crippen LogP contribution in [0.5, 0.6) is 11.5 Å². The third-order valence-corrected chi connectivity index (χ3v) is 5.23. The van der Waals surface area contributed by atoms with Crippen molar-refractivity contribution in [3.8, 4) is 11.5 Å². The molecule has 2 aromatic rings. The Kier molecular flexibility index (Phi) is 7.42. The van der Waals surface area contributed by atoms with E-state index >= 15 is 0 Å². The number of anilines is 1. The maximum absolute atomic E-state index is 12.5. The van der Waals surface area contributed by atoms with E-state index in [0.29, 0.717) is 42.4 Å². The van der Waals surface area contributed by atoms with Gasteiger partial charge >= 0.3 is 11.8 Å². The lowest BCUT2D eigenvalue weighted by molar-refractivity contribution is -0.136. The summed E-state index contributed by atoms with van der Waals surface area (Å²) >= 11 is 0. The molecule has 3 rings (SSSR count). The highest BCUT2D eigenvalue weighted by atomic mass is 16.5. The summed E-state index contributed by atoms with van der Waals surface area (Å²) in [6.07, 6.45) is 4.72. The van der Waals surface area contributed by atoms with Crippen molar-refractivity contribution in [2.45, 2.75) is 12.8 Å². The first-order valence-corrected chi connectivity index (χ1v) is 10.0. The number of piperidine rings is 1. The van der Waals surface area contributed by atoms with Gasteiger partial charge < -0.3 is 25.0 Å². The van der Waals surface area contributed by atoms with Crippen molar-refractivity contribution < 1.29 is 23.9 Å². The lowest BCUT2D eigenvalue weighted by Gasteiger charge is -2.32. The van der Waals surface area contributed by atoms with Gasteiger partial charge in [0.15, 0.2) is 11.5 Å². The number of pyridine rings is 1. The quantitative estimate of drug-likeness (QED) is 0.681. The van der Waals surface area contributed by atoms with Gasteiger partial charge in [-0.1, -0.05) is 0 Å². The summed E-state index contributed by atoms with van der Waals surface area (Å²) in [4.78, 5) is 42.6. The standard InChI is InChI=1S/C22H26N4O5/c1-30-18-4-3-17(13-19(18)31-2)25-21(28)20(27)24-14-15-7-11-26(12-8-15)22(29)16-5-9-23-10-6-16/h3-6,9-10,13,15H,7-8,11-12,14H2,1-2H3,(H,24,27)(H,25,28). The van der Waals surface area contributed by atoms with E-state index in [-0.39, 0.29) is 11.8 Å². The molecule has 164 valence electrons. The molecule has 2 heterocycles. The summed E-state index contributed by atoms with van der Waals surface area (Å²) in [5.74, 6) is -0.284. The number of benzene rings is 1. The number of rotatable bonds is 6. The van der Waals surface area contributed by atoms with Crippen molar-refractivity contribution in [2.75, 3.05) is 39.2 Å². The monoisotopic (exact) mass is 426 g/mol. The zero-order valence-corrected chi connectivity index (χ0v) is 17.6. The number of amides is 3. The van der Waals surface area contributed by atoms with E-state index in [9.17, 15) is 14.4 Å². The molecule has 1 aliphatic rings. The number of carbonyl (C=O) groups excluding carboxylic acids is 3. The number of likely N-dealkylation sites (tertiary alicyclic amines) is 1. The fourth-order valence-electron chi connectivity index (χ4n) is 3.44. The first-order chi connectivity index (χ1) is 15.0. The molecule has 9 nitrogen and oxygen atoms in total. The molecule has 0 radical (unpaired) electrons. The minimum atomic E-state index is -0.752. The van der Waals surface area contributed by atoms with Crippen molar-refractivity contribution in [1.29, 1.82) is 0 Å². The van der Waals surface area contributed by atoms with Crippen LogP contribution in [0.25, 0.3) is 0 Å². The summed E-state index contributed by atoms with van der Waals surface area (Å²) in [5, 5.41) is 5.23. The van der Waals surface area contributed by atoms with Crippen molar-refractivity contribution in [1.82, 2.24) is 15.2 Å². The highest BCUT2D eigenvalue weighted by Gasteiger charge is 2.24. The Labute approximate surface area is 180 Å². The Morgan fingerprint density at radius 3 is 2.32 bits per heavy atom. The maximum atomic E-state index is 12.5. The van der Waals surface area contributed by atoms with Crippen LogP contribution in [0, 0.1) is 5.92 Å². The van der Waals surface area contributed by atoms with Gasteiger partial charge in [0.05, 0.1) is 14.2 Å². The van der Waals surface area contributed by atoms with Gasteiger partial charge in [0.1, 0.15) is 0 Å². The topological polar surface area (TPSA) is 110 Å². The average Bonchev–Trinajstić information content (AvgIpc) is 2.82. The van der Waals surface area contributed by atoms with Gasteiger partial charge in [-0.05, 0) is 43.0 Å². The van der Waals surface area contributed by atoms with Crippen LogP contribution in [0.4, 0.5) is 5.69 Å². The van der Waals surface area contributed by atoms with Crippen molar-refractivity contribution in [3.05, 3.63) is 48.3 Å². The van der Waals surface area contributed by atoms with Crippen molar-refractivity contribution in [3.63, 3.8) is 0 Å². The Balaban J connectivity index is 1.44. The molecule has 0 aliphatic carbocycles. The molecule has 3 amide bonds. The van der Waals surface area contributed by atoms with Crippen LogP contribution in [-0.2, 0) is 9.59 Å². The minimum Gasteiger partial charge on any atom is -0.493 e. The molecule has 2 N–H and O–H groups in total. The first kappa shape index (κ1) is 22.1. The fourth-order valence-corrected chi connectivity index (χ4v) is 3.44. The molecular formula is C22H26N4O5. The predicted molar refractivity (Wildman–Crippen MR) is 114 cm³/mol. The summed E-state index contributed by atoms with van der Waals surface area (Å²) in [6, 6.07) is 8.26. The largest absolute Gasteiger partial charge is 0.493 e. The van der Waals surface area contributed by atoms with Crippen LogP contribution < -0.4 is 20.1 Å². The summed E-state index contributed by atoms with van der Waals surface area (Å²) in [6.45, 7) is 1.61. The molecule has 31 heavy (non-hydrogen) atoms. The molecule has 0 bridgehead atoms. The molecule has 0 unspecified atom stereocenters. The van der Waals surface area contributed by atoms with Crippen LogP contribution in [0.3, 0.4) is 0 Å². The molecular weight excluding hydrogens is 400 g/mol. The van der Waals surface area contributed by atoms with Crippen LogP contribution in [0.1, 0.15) is 23.2 Å². The number of nitrogens with zero attached hydrogens (tertiary/aromatic N) is 2. The first-order valence-electron chi connectivity index (χ1n) is 10.0. The predicted octanol–water partition coefficient (Wildman–Crippen LogP) is 1.71. The van der Waals surface area contributed by atoms with Gasteiger partial charge in [0, 0.05) is 49.3 Å². The zero-order valence-electron chi connectivity index (χ0n) is 17.6. The molecule has 9 heteroatoms. The maximum Gasteiger partial charge on any atom is 0.313 e. The Morgan fingerprint density at radius 1 is 1.00 bits per heavy atom. The summed E-state index contributed by atoms with van der Waals surface area (Å²) in [7, 11) is 3.01. The number of aromatic nitrogens is 1. The minimum absolute atomic E-state index is 0.0146. The number of nitrogens with one attached hydrogen (secondary N) is 2. The Hall–Kier alpha value is -3.62. The fraction of sp³-hybridized carbons (Fsp3) is 0.364. The second kappa shape index (κ2) is 10.4. The molecule has 1 aliphatic heterocycles. The van der Waals surface area contributed by atoms with E-state index in [1.165, 1.54) is 14.2 Å². The van der Waals surface area contributed by atoms with Gasteiger partial charge in [0.2, 0.25) is 0 Å². The van der Waals surface area contributed by atoms with E-state index < -0.39 is 11.8 Å². The van der Waals surface area contributed by atoms with Gasteiger partial charge in [-0.15, -0.1) is 0 Å². The highest BCUT2D eigenvalue weighted by Crippen LogP contribution is 2.29. The molecule has 1 aromatic carbocycles. The van der Waals surface area contributed by atoms with Crippen LogP contribution in [-0.4, -0.2) is 61.5 Å². The second-order valence-corrected chi connectivity index (χ2v) is 7.21. The van der Waals surface area contributed by atoms with Crippen molar-refractivity contribution >= 4 is 23.4 Å². The number of methoxy groups -OCH3 is 2. The Bertz CT molecular complexity index is 927. The van der Waals surface area contributed by atoms with Gasteiger partial charge in [-0.3, -0.25) is 19.4 Å². The lowest BCUT2D eigenvalue weighted by atomic mass is 9.96. The smallest absolute Gasteiger partial charge is 0.313 e. The Morgan fingerprint density at radius 2 is 1.68 bits per heavy atom. The number of ether oxygens (including phenoxy) is 2. The number of carbonyl (C=O) groups is 3. The van der Waals surface area contributed by atoms with Crippen LogP contribution >= 0.6 is 0 Å². The van der Waals surface area contributed by atoms with Crippen LogP contribution in [0.15, 0.2) is 42.7 Å².